The number of phenols is 1. The summed E-state index contributed by atoms with van der Waals surface area (Å²) in [6.07, 6.45) is -0.509. The Kier molecular flexibility index (Phi) is 3.33. The van der Waals surface area contributed by atoms with Crippen molar-refractivity contribution in [1.29, 1.82) is 0 Å². The van der Waals surface area contributed by atoms with Crippen molar-refractivity contribution in [1.82, 2.24) is 5.32 Å². The first-order chi connectivity index (χ1) is 8.56. The van der Waals surface area contributed by atoms with Gasteiger partial charge in [0.05, 0.1) is 12.6 Å². The molecule has 1 heterocycles. The molecule has 1 aromatic rings. The maximum atomic E-state index is 10.8. The molecule has 0 radical (unpaired) electrons. The molecule has 0 saturated carbocycles. The minimum absolute atomic E-state index is 0.184. The SMILES string of the molecule is O=C(O)c1cc(NC2=NCC(O)CN2)ccc1O. The van der Waals surface area contributed by atoms with Crippen molar-refractivity contribution in [2.75, 3.05) is 18.4 Å². The van der Waals surface area contributed by atoms with Gasteiger partial charge in [0, 0.05) is 12.2 Å². The fraction of sp³-hybridized carbons (Fsp3) is 0.273. The zero-order valence-electron chi connectivity index (χ0n) is 9.42. The first kappa shape index (κ1) is 12.2. The minimum atomic E-state index is -1.20. The molecule has 0 amide bonds. The van der Waals surface area contributed by atoms with Gasteiger partial charge in [0.2, 0.25) is 0 Å². The van der Waals surface area contributed by atoms with Crippen molar-refractivity contribution in [2.24, 2.45) is 4.99 Å². The summed E-state index contributed by atoms with van der Waals surface area (Å²) in [5, 5.41) is 33.2. The second kappa shape index (κ2) is 4.92. The number of anilines is 1. The molecule has 0 aliphatic carbocycles. The maximum absolute atomic E-state index is 10.8. The van der Waals surface area contributed by atoms with Gasteiger partial charge in [-0.1, -0.05) is 0 Å². The van der Waals surface area contributed by atoms with Crippen LogP contribution in [-0.4, -0.2) is 46.4 Å². The Bertz CT molecular complexity index is 501. The van der Waals surface area contributed by atoms with Crippen LogP contribution >= 0.6 is 0 Å². The van der Waals surface area contributed by atoms with Gasteiger partial charge in [-0.25, -0.2) is 4.79 Å². The predicted molar refractivity (Wildman–Crippen MR) is 65.0 cm³/mol. The Balaban J connectivity index is 2.15. The van der Waals surface area contributed by atoms with Crippen LogP contribution in [-0.2, 0) is 0 Å². The van der Waals surface area contributed by atoms with E-state index in [0.29, 0.717) is 24.7 Å². The number of guanidine groups is 1. The van der Waals surface area contributed by atoms with Crippen molar-refractivity contribution in [3.8, 4) is 5.75 Å². The Hall–Kier alpha value is -2.28. The molecule has 1 atom stereocenters. The van der Waals surface area contributed by atoms with E-state index in [1.165, 1.54) is 18.2 Å². The third-order valence-corrected chi connectivity index (χ3v) is 2.45. The number of hydrogen-bond acceptors (Lipinski definition) is 6. The first-order valence-electron chi connectivity index (χ1n) is 5.36. The number of aliphatic imine (C=N–C) groups is 1. The molecule has 1 unspecified atom stereocenters. The number of carbonyl (C=O) groups is 1. The van der Waals surface area contributed by atoms with Crippen molar-refractivity contribution in [3.05, 3.63) is 23.8 Å². The monoisotopic (exact) mass is 251 g/mol. The number of aliphatic hydroxyl groups excluding tert-OH is 1. The molecule has 0 fully saturated rings. The summed E-state index contributed by atoms with van der Waals surface area (Å²) in [7, 11) is 0. The van der Waals surface area contributed by atoms with E-state index < -0.39 is 12.1 Å². The highest BCUT2D eigenvalue weighted by Crippen LogP contribution is 2.21. The number of aromatic hydroxyl groups is 1. The average molecular weight is 251 g/mol. The van der Waals surface area contributed by atoms with E-state index in [-0.39, 0.29) is 11.3 Å². The molecule has 0 spiro atoms. The molecule has 7 heteroatoms. The molecule has 0 aromatic heterocycles. The van der Waals surface area contributed by atoms with E-state index in [4.69, 9.17) is 5.11 Å². The third kappa shape index (κ3) is 2.69. The van der Waals surface area contributed by atoms with E-state index in [9.17, 15) is 15.0 Å². The number of nitrogens with one attached hydrogen (secondary N) is 2. The molecule has 0 bridgehead atoms. The van der Waals surface area contributed by atoms with Crippen LogP contribution in [0.4, 0.5) is 5.69 Å². The molecule has 1 aliphatic rings. The zero-order valence-corrected chi connectivity index (χ0v) is 9.42. The molecule has 18 heavy (non-hydrogen) atoms. The van der Waals surface area contributed by atoms with Crippen LogP contribution in [0.1, 0.15) is 10.4 Å². The van der Waals surface area contributed by atoms with Crippen LogP contribution in [0.2, 0.25) is 0 Å². The van der Waals surface area contributed by atoms with Gasteiger partial charge in [-0.15, -0.1) is 0 Å². The minimum Gasteiger partial charge on any atom is -0.507 e. The number of aromatic carboxylic acids is 1. The van der Waals surface area contributed by atoms with Gasteiger partial charge >= 0.3 is 5.97 Å². The Morgan fingerprint density at radius 3 is 2.89 bits per heavy atom. The average Bonchev–Trinajstić information content (AvgIpc) is 2.34. The van der Waals surface area contributed by atoms with E-state index in [1.807, 2.05) is 0 Å². The fourth-order valence-electron chi connectivity index (χ4n) is 1.54. The highest BCUT2D eigenvalue weighted by Gasteiger charge is 2.14. The van der Waals surface area contributed by atoms with Crippen LogP contribution < -0.4 is 10.6 Å². The maximum Gasteiger partial charge on any atom is 0.339 e. The predicted octanol–water partition coefficient (Wildman–Crippen LogP) is -0.178. The summed E-state index contributed by atoms with van der Waals surface area (Å²) in [6.45, 7) is 0.676. The lowest BCUT2D eigenvalue weighted by atomic mass is 10.2. The number of benzene rings is 1. The van der Waals surface area contributed by atoms with Gasteiger partial charge in [-0.3, -0.25) is 4.99 Å². The molecule has 5 N–H and O–H groups in total. The van der Waals surface area contributed by atoms with Gasteiger partial charge in [0.1, 0.15) is 11.3 Å². The molecule has 7 nitrogen and oxygen atoms in total. The number of rotatable bonds is 2. The molecule has 1 aliphatic heterocycles. The quantitative estimate of drug-likeness (QED) is 0.466. The van der Waals surface area contributed by atoms with Crippen LogP contribution in [0, 0.1) is 0 Å². The summed E-state index contributed by atoms with van der Waals surface area (Å²) in [6, 6.07) is 4.15. The van der Waals surface area contributed by atoms with E-state index in [1.54, 1.807) is 0 Å². The lowest BCUT2D eigenvalue weighted by molar-refractivity contribution is 0.0694. The number of β-amino-alcohol motifs (C(OH)–C–C–N with tert-alkyl or cyclic N) is 1. The number of carboxylic acids is 1. The van der Waals surface area contributed by atoms with E-state index >= 15 is 0 Å². The van der Waals surface area contributed by atoms with Crippen LogP contribution in [0.3, 0.4) is 0 Å². The molecular formula is C11H13N3O4. The second-order valence-electron chi connectivity index (χ2n) is 3.89. The van der Waals surface area contributed by atoms with Crippen LogP contribution in [0.15, 0.2) is 23.2 Å². The second-order valence-corrected chi connectivity index (χ2v) is 3.89. The Morgan fingerprint density at radius 1 is 1.50 bits per heavy atom. The van der Waals surface area contributed by atoms with Crippen molar-refractivity contribution in [2.45, 2.75) is 6.10 Å². The normalized spacial score (nSPS) is 18.7. The van der Waals surface area contributed by atoms with Crippen LogP contribution in [0.25, 0.3) is 0 Å². The molecule has 1 aromatic carbocycles. The molecule has 96 valence electrons. The summed E-state index contributed by atoms with van der Waals surface area (Å²) < 4.78 is 0. The summed E-state index contributed by atoms with van der Waals surface area (Å²) >= 11 is 0. The standard InChI is InChI=1S/C11H13N3O4/c15-7-4-12-11(13-5-7)14-6-1-2-9(16)8(3-6)10(17)18/h1-3,7,15-16H,4-5H2,(H,17,18)(H2,12,13,14). The summed E-state index contributed by atoms with van der Waals surface area (Å²) in [5.41, 5.74) is 0.310. The molecule has 0 saturated heterocycles. The first-order valence-corrected chi connectivity index (χ1v) is 5.36. The highest BCUT2D eigenvalue weighted by atomic mass is 16.4. The van der Waals surface area contributed by atoms with Gasteiger partial charge in [-0.05, 0) is 18.2 Å². The van der Waals surface area contributed by atoms with Gasteiger partial charge in [0.25, 0.3) is 0 Å². The van der Waals surface area contributed by atoms with Crippen molar-refractivity contribution in [3.63, 3.8) is 0 Å². The Labute approximate surface area is 103 Å². The summed E-state index contributed by atoms with van der Waals surface area (Å²) in [4.78, 5) is 14.9. The number of carboxylic acid groups (broad SMARTS) is 1. The van der Waals surface area contributed by atoms with E-state index in [0.717, 1.165) is 0 Å². The van der Waals surface area contributed by atoms with Gasteiger partial charge in [-0.2, -0.15) is 0 Å². The van der Waals surface area contributed by atoms with Gasteiger partial charge in [0.15, 0.2) is 5.96 Å². The lowest BCUT2D eigenvalue weighted by Crippen LogP contribution is -2.42. The van der Waals surface area contributed by atoms with E-state index in [2.05, 4.69) is 15.6 Å². The Morgan fingerprint density at radius 2 is 2.28 bits per heavy atom. The molecule has 2 rings (SSSR count). The number of nitrogens with zero attached hydrogens (tertiary/aromatic N) is 1. The number of hydrogen-bond donors (Lipinski definition) is 5. The fourth-order valence-corrected chi connectivity index (χ4v) is 1.54. The summed E-state index contributed by atoms with van der Waals surface area (Å²) in [5.74, 6) is -1.03. The van der Waals surface area contributed by atoms with Crippen molar-refractivity contribution >= 4 is 17.6 Å². The molecular weight excluding hydrogens is 238 g/mol. The van der Waals surface area contributed by atoms with Gasteiger partial charge < -0.3 is 26.0 Å². The topological polar surface area (TPSA) is 114 Å². The third-order valence-electron chi connectivity index (χ3n) is 2.45. The zero-order chi connectivity index (χ0) is 13.1. The largest absolute Gasteiger partial charge is 0.507 e. The van der Waals surface area contributed by atoms with Crippen molar-refractivity contribution < 1.29 is 20.1 Å². The van der Waals surface area contributed by atoms with Crippen LogP contribution in [0.5, 0.6) is 5.75 Å². The smallest absolute Gasteiger partial charge is 0.339 e. The number of aliphatic hydroxyl groups is 1. The lowest BCUT2D eigenvalue weighted by Gasteiger charge is -2.20. The highest BCUT2D eigenvalue weighted by molar-refractivity contribution is 5.97.